The average molecular weight is 419 g/mol. The van der Waals surface area contributed by atoms with Crippen LogP contribution in [0.25, 0.3) is 6.08 Å². The molecule has 2 fully saturated rings. The summed E-state index contributed by atoms with van der Waals surface area (Å²) in [6, 6.07) is 4.84. The van der Waals surface area contributed by atoms with Crippen LogP contribution >= 0.6 is 11.8 Å². The van der Waals surface area contributed by atoms with Gasteiger partial charge in [0, 0.05) is 13.1 Å². The Labute approximate surface area is 171 Å². The van der Waals surface area contributed by atoms with Crippen molar-refractivity contribution < 1.29 is 28.7 Å². The number of hydrogen-bond acceptors (Lipinski definition) is 7. The molecule has 9 nitrogen and oxygen atoms in total. The Balaban J connectivity index is 1.73. The molecular formula is C19H21N3O6S. The molecule has 0 bridgehead atoms. The number of hydrogen-bond donors (Lipinski definition) is 1. The van der Waals surface area contributed by atoms with E-state index in [1.54, 1.807) is 29.2 Å². The number of amides is 4. The Hall–Kier alpha value is -3.01. The number of ether oxygens (including phenoxy) is 2. The Morgan fingerprint density at radius 2 is 1.93 bits per heavy atom. The number of nitrogens with two attached hydrogens (primary N) is 1. The standard InChI is InChI=1S/C19H21N3O6S/c1-27-14-8-12(4-5-13(14)28-11-16(20)23)9-15-18(25)22(19(26)29-15)10-17(24)21-6-2-3-7-21/h4-5,8-9H,2-3,6-7,10-11H2,1H3,(H2,20,23)/b15-9-. The second-order valence-electron chi connectivity index (χ2n) is 6.52. The highest BCUT2D eigenvalue weighted by atomic mass is 32.2. The highest BCUT2D eigenvalue weighted by Crippen LogP contribution is 2.34. The monoisotopic (exact) mass is 419 g/mol. The zero-order valence-corrected chi connectivity index (χ0v) is 16.7. The van der Waals surface area contributed by atoms with Crippen molar-refractivity contribution in [2.45, 2.75) is 12.8 Å². The molecule has 0 aromatic heterocycles. The van der Waals surface area contributed by atoms with E-state index in [2.05, 4.69) is 0 Å². The minimum atomic E-state index is -0.617. The number of likely N-dealkylation sites (tertiary alicyclic amines) is 1. The first-order valence-corrected chi connectivity index (χ1v) is 9.83. The first-order valence-electron chi connectivity index (χ1n) is 9.01. The number of carbonyl (C=O) groups excluding carboxylic acids is 4. The lowest BCUT2D eigenvalue weighted by molar-refractivity contribution is -0.135. The van der Waals surface area contributed by atoms with E-state index in [1.807, 2.05) is 0 Å². The van der Waals surface area contributed by atoms with Gasteiger partial charge in [0.15, 0.2) is 18.1 Å². The lowest BCUT2D eigenvalue weighted by Crippen LogP contribution is -2.40. The van der Waals surface area contributed by atoms with E-state index in [0.717, 1.165) is 29.5 Å². The summed E-state index contributed by atoms with van der Waals surface area (Å²) in [5.74, 6) is -0.659. The van der Waals surface area contributed by atoms with Crippen molar-refractivity contribution >= 4 is 40.8 Å². The van der Waals surface area contributed by atoms with Gasteiger partial charge in [0.1, 0.15) is 6.54 Å². The Bertz CT molecular complexity index is 879. The number of methoxy groups -OCH3 is 1. The van der Waals surface area contributed by atoms with E-state index >= 15 is 0 Å². The molecule has 1 aromatic rings. The predicted octanol–water partition coefficient (Wildman–Crippen LogP) is 1.22. The molecule has 0 aliphatic carbocycles. The van der Waals surface area contributed by atoms with Crippen molar-refractivity contribution in [2.75, 3.05) is 33.4 Å². The molecule has 154 valence electrons. The summed E-state index contributed by atoms with van der Waals surface area (Å²) in [5.41, 5.74) is 5.67. The molecule has 29 heavy (non-hydrogen) atoms. The number of primary amides is 1. The quantitative estimate of drug-likeness (QED) is 0.660. The second kappa shape index (κ2) is 8.99. The Morgan fingerprint density at radius 1 is 1.21 bits per heavy atom. The molecule has 2 saturated heterocycles. The maximum Gasteiger partial charge on any atom is 0.294 e. The smallest absolute Gasteiger partial charge is 0.294 e. The fourth-order valence-electron chi connectivity index (χ4n) is 3.03. The first kappa shape index (κ1) is 20.7. The Morgan fingerprint density at radius 3 is 2.59 bits per heavy atom. The number of rotatable bonds is 7. The minimum absolute atomic E-state index is 0.219. The molecule has 0 spiro atoms. The van der Waals surface area contributed by atoms with Crippen molar-refractivity contribution in [3.05, 3.63) is 28.7 Å². The molecule has 1 aromatic carbocycles. The fraction of sp³-hybridized carbons (Fsp3) is 0.368. The van der Waals surface area contributed by atoms with Gasteiger partial charge in [-0.25, -0.2) is 0 Å². The van der Waals surface area contributed by atoms with Gasteiger partial charge in [-0.05, 0) is 48.4 Å². The molecule has 0 radical (unpaired) electrons. The molecule has 2 N–H and O–H groups in total. The molecule has 10 heteroatoms. The summed E-state index contributed by atoms with van der Waals surface area (Å²) in [6.07, 6.45) is 3.43. The van der Waals surface area contributed by atoms with Crippen LogP contribution in [0.5, 0.6) is 11.5 Å². The van der Waals surface area contributed by atoms with Crippen molar-refractivity contribution in [2.24, 2.45) is 5.73 Å². The van der Waals surface area contributed by atoms with Crippen molar-refractivity contribution in [1.29, 1.82) is 0 Å². The summed E-state index contributed by atoms with van der Waals surface area (Å²) >= 11 is 0.788. The summed E-state index contributed by atoms with van der Waals surface area (Å²) in [6.45, 7) is 0.786. The highest BCUT2D eigenvalue weighted by molar-refractivity contribution is 8.18. The van der Waals surface area contributed by atoms with Crippen LogP contribution in [0.4, 0.5) is 4.79 Å². The van der Waals surface area contributed by atoms with Crippen LogP contribution in [0.15, 0.2) is 23.1 Å². The van der Waals surface area contributed by atoms with Crippen LogP contribution in [-0.2, 0) is 14.4 Å². The number of nitrogens with zero attached hydrogens (tertiary/aromatic N) is 2. The summed E-state index contributed by atoms with van der Waals surface area (Å²) in [5, 5.41) is -0.470. The van der Waals surface area contributed by atoms with Crippen LogP contribution in [0.2, 0.25) is 0 Å². The van der Waals surface area contributed by atoms with E-state index in [-0.39, 0.29) is 24.0 Å². The van der Waals surface area contributed by atoms with Crippen LogP contribution in [-0.4, -0.2) is 66.1 Å². The molecule has 0 unspecified atom stereocenters. The predicted molar refractivity (Wildman–Crippen MR) is 106 cm³/mol. The molecule has 2 aliphatic heterocycles. The van der Waals surface area contributed by atoms with Crippen molar-refractivity contribution in [1.82, 2.24) is 9.80 Å². The highest BCUT2D eigenvalue weighted by Gasteiger charge is 2.37. The van der Waals surface area contributed by atoms with Gasteiger partial charge in [0.05, 0.1) is 12.0 Å². The lowest BCUT2D eigenvalue weighted by atomic mass is 10.2. The van der Waals surface area contributed by atoms with Gasteiger partial charge < -0.3 is 20.1 Å². The van der Waals surface area contributed by atoms with Crippen LogP contribution < -0.4 is 15.2 Å². The summed E-state index contributed by atoms with van der Waals surface area (Å²) in [4.78, 5) is 50.8. The van der Waals surface area contributed by atoms with Gasteiger partial charge in [-0.3, -0.25) is 24.1 Å². The third kappa shape index (κ3) is 4.89. The van der Waals surface area contributed by atoms with E-state index in [4.69, 9.17) is 15.2 Å². The van der Waals surface area contributed by atoms with Gasteiger partial charge in [-0.15, -0.1) is 0 Å². The van der Waals surface area contributed by atoms with E-state index in [1.165, 1.54) is 7.11 Å². The average Bonchev–Trinajstić information content (AvgIpc) is 3.31. The van der Waals surface area contributed by atoms with Gasteiger partial charge >= 0.3 is 0 Å². The summed E-state index contributed by atoms with van der Waals surface area (Å²) < 4.78 is 10.5. The number of thioether (sulfide) groups is 1. The van der Waals surface area contributed by atoms with Gasteiger partial charge in [0.25, 0.3) is 17.1 Å². The SMILES string of the molecule is COc1cc(/C=C2\SC(=O)N(CC(=O)N3CCCC3)C2=O)ccc1OCC(N)=O. The van der Waals surface area contributed by atoms with Gasteiger partial charge in [0.2, 0.25) is 5.91 Å². The molecule has 2 heterocycles. The fourth-order valence-corrected chi connectivity index (χ4v) is 3.87. The molecule has 0 atom stereocenters. The van der Waals surface area contributed by atoms with E-state index in [0.29, 0.717) is 30.2 Å². The second-order valence-corrected chi connectivity index (χ2v) is 7.51. The normalized spacial score (nSPS) is 17.9. The minimum Gasteiger partial charge on any atom is -0.493 e. The van der Waals surface area contributed by atoms with Crippen LogP contribution in [0, 0.1) is 0 Å². The maximum atomic E-state index is 12.6. The largest absolute Gasteiger partial charge is 0.493 e. The third-order valence-electron chi connectivity index (χ3n) is 4.48. The topological polar surface area (TPSA) is 119 Å². The van der Waals surface area contributed by atoms with Gasteiger partial charge in [-0.2, -0.15) is 0 Å². The molecule has 3 rings (SSSR count). The Kier molecular flexibility index (Phi) is 6.42. The third-order valence-corrected chi connectivity index (χ3v) is 5.39. The van der Waals surface area contributed by atoms with E-state index < -0.39 is 17.1 Å². The lowest BCUT2D eigenvalue weighted by Gasteiger charge is -2.18. The number of carbonyl (C=O) groups is 4. The molecule has 4 amide bonds. The van der Waals surface area contributed by atoms with Crippen molar-refractivity contribution in [3.63, 3.8) is 0 Å². The summed E-state index contributed by atoms with van der Waals surface area (Å²) in [7, 11) is 1.44. The zero-order chi connectivity index (χ0) is 21.0. The molecule has 0 saturated carbocycles. The van der Waals surface area contributed by atoms with Gasteiger partial charge in [-0.1, -0.05) is 6.07 Å². The number of benzene rings is 1. The van der Waals surface area contributed by atoms with Crippen LogP contribution in [0.3, 0.4) is 0 Å². The zero-order valence-electron chi connectivity index (χ0n) is 15.9. The van der Waals surface area contributed by atoms with Crippen molar-refractivity contribution in [3.8, 4) is 11.5 Å². The maximum absolute atomic E-state index is 12.6. The number of imide groups is 1. The van der Waals surface area contributed by atoms with E-state index in [9.17, 15) is 19.2 Å². The first-order chi connectivity index (χ1) is 13.9. The molecular weight excluding hydrogens is 398 g/mol. The van der Waals surface area contributed by atoms with Crippen LogP contribution in [0.1, 0.15) is 18.4 Å². The molecule has 2 aliphatic rings.